The van der Waals surface area contributed by atoms with Gasteiger partial charge in [0, 0.05) is 5.56 Å². The maximum atomic E-state index is 13.2. The van der Waals surface area contributed by atoms with Crippen molar-refractivity contribution in [3.8, 4) is 5.88 Å². The van der Waals surface area contributed by atoms with Crippen molar-refractivity contribution >= 4 is 0 Å². The molecule has 0 unspecified atom stereocenters. The van der Waals surface area contributed by atoms with Crippen LogP contribution in [0, 0.1) is 5.82 Å². The zero-order valence-corrected chi connectivity index (χ0v) is 7.93. The molecule has 0 saturated heterocycles. The van der Waals surface area contributed by atoms with Gasteiger partial charge in [-0.2, -0.15) is 0 Å². The first-order valence-electron chi connectivity index (χ1n) is 4.08. The Labute approximate surface area is 90.6 Å². The highest BCUT2D eigenvalue weighted by molar-refractivity contribution is 5.27. The Morgan fingerprint density at radius 3 is 2.35 bits per heavy atom. The van der Waals surface area contributed by atoms with Gasteiger partial charge in [0.15, 0.2) is 5.82 Å². The van der Waals surface area contributed by atoms with Gasteiger partial charge in [0.1, 0.15) is 5.69 Å². The van der Waals surface area contributed by atoms with Crippen LogP contribution in [0.1, 0.15) is 17.7 Å². The molecule has 0 radical (unpaired) electrons. The lowest BCUT2D eigenvalue weighted by atomic mass is 10.2. The van der Waals surface area contributed by atoms with Gasteiger partial charge < -0.3 is 9.84 Å². The third kappa shape index (κ3) is 3.48. The summed E-state index contributed by atoms with van der Waals surface area (Å²) in [7, 11) is 0. The van der Waals surface area contributed by atoms with E-state index in [1.165, 1.54) is 0 Å². The average molecular weight is 261 g/mol. The summed E-state index contributed by atoms with van der Waals surface area (Å²) in [4.78, 5) is 2.69. The Kier molecular flexibility index (Phi) is 3.81. The van der Waals surface area contributed by atoms with Crippen molar-refractivity contribution in [3.05, 3.63) is 23.1 Å². The second-order valence-corrected chi connectivity index (χ2v) is 2.83. The fourth-order valence-corrected chi connectivity index (χ4v) is 0.982. The molecule has 9 heteroatoms. The van der Waals surface area contributed by atoms with E-state index in [0.717, 1.165) is 0 Å². The first-order chi connectivity index (χ1) is 7.74. The average Bonchev–Trinajstić information content (AvgIpc) is 2.18. The fraction of sp³-hybridized carbons (Fsp3) is 0.375. The SMILES string of the molecule is OCc1cc(C(F)F)nc(OC(F)(F)F)c1F. The molecular formula is C8H5F6NO2. The highest BCUT2D eigenvalue weighted by Gasteiger charge is 2.34. The van der Waals surface area contributed by atoms with Crippen molar-refractivity contribution in [2.24, 2.45) is 0 Å². The lowest BCUT2D eigenvalue weighted by Gasteiger charge is -2.12. The first-order valence-corrected chi connectivity index (χ1v) is 4.08. The lowest BCUT2D eigenvalue weighted by Crippen LogP contribution is -2.20. The van der Waals surface area contributed by atoms with E-state index in [1.807, 2.05) is 0 Å². The predicted octanol–water partition coefficient (Wildman–Crippen LogP) is 2.55. The van der Waals surface area contributed by atoms with E-state index in [2.05, 4.69) is 9.72 Å². The number of pyridine rings is 1. The van der Waals surface area contributed by atoms with E-state index in [-0.39, 0.29) is 0 Å². The van der Waals surface area contributed by atoms with Crippen LogP contribution in [0.4, 0.5) is 26.3 Å². The second kappa shape index (κ2) is 4.78. The van der Waals surface area contributed by atoms with Crippen molar-refractivity contribution in [1.29, 1.82) is 0 Å². The highest BCUT2D eigenvalue weighted by Crippen LogP contribution is 2.29. The van der Waals surface area contributed by atoms with E-state index in [4.69, 9.17) is 5.11 Å². The zero-order chi connectivity index (χ0) is 13.2. The molecule has 0 saturated carbocycles. The summed E-state index contributed by atoms with van der Waals surface area (Å²) in [5.41, 5.74) is -1.87. The van der Waals surface area contributed by atoms with E-state index in [1.54, 1.807) is 0 Å². The number of aliphatic hydroxyl groups excluding tert-OH is 1. The Hall–Kier alpha value is -1.51. The molecule has 0 aliphatic heterocycles. The van der Waals surface area contributed by atoms with E-state index >= 15 is 0 Å². The minimum Gasteiger partial charge on any atom is -0.392 e. The quantitative estimate of drug-likeness (QED) is 0.850. The van der Waals surface area contributed by atoms with Gasteiger partial charge in [-0.05, 0) is 6.07 Å². The molecular weight excluding hydrogens is 256 g/mol. The van der Waals surface area contributed by atoms with Gasteiger partial charge in [-0.1, -0.05) is 0 Å². The number of hydrogen-bond donors (Lipinski definition) is 1. The van der Waals surface area contributed by atoms with Gasteiger partial charge >= 0.3 is 6.36 Å². The largest absolute Gasteiger partial charge is 0.574 e. The Morgan fingerprint density at radius 2 is 1.94 bits per heavy atom. The van der Waals surface area contributed by atoms with Gasteiger partial charge in [-0.15, -0.1) is 13.2 Å². The van der Waals surface area contributed by atoms with Crippen LogP contribution in [-0.2, 0) is 6.61 Å². The zero-order valence-electron chi connectivity index (χ0n) is 7.93. The van der Waals surface area contributed by atoms with E-state index < -0.39 is 42.3 Å². The summed E-state index contributed by atoms with van der Waals surface area (Å²) in [6, 6.07) is 0.462. The summed E-state index contributed by atoms with van der Waals surface area (Å²) in [6.45, 7) is -1.05. The molecule has 0 fully saturated rings. The molecule has 0 spiro atoms. The van der Waals surface area contributed by atoms with Crippen LogP contribution < -0.4 is 4.74 Å². The van der Waals surface area contributed by atoms with Crippen molar-refractivity contribution < 1.29 is 36.2 Å². The Bertz CT molecular complexity index is 406. The van der Waals surface area contributed by atoms with E-state index in [0.29, 0.717) is 6.07 Å². The molecule has 17 heavy (non-hydrogen) atoms. The first kappa shape index (κ1) is 13.6. The maximum absolute atomic E-state index is 13.2. The van der Waals surface area contributed by atoms with Crippen LogP contribution in [0.3, 0.4) is 0 Å². The van der Waals surface area contributed by atoms with Crippen LogP contribution >= 0.6 is 0 Å². The maximum Gasteiger partial charge on any atom is 0.574 e. The fourth-order valence-electron chi connectivity index (χ4n) is 0.982. The third-order valence-corrected chi connectivity index (χ3v) is 1.63. The van der Waals surface area contributed by atoms with Gasteiger partial charge in [-0.25, -0.2) is 18.2 Å². The molecule has 1 aromatic heterocycles. The van der Waals surface area contributed by atoms with Gasteiger partial charge in [0.25, 0.3) is 12.3 Å². The standard InChI is InChI=1S/C8H5F6NO2/c9-5-3(2-16)1-4(6(10)11)15-7(5)17-8(12,13)14/h1,6,16H,2H2. The summed E-state index contributed by atoms with van der Waals surface area (Å²) in [5, 5.41) is 8.60. The van der Waals surface area contributed by atoms with Crippen LogP contribution in [0.15, 0.2) is 6.07 Å². The number of hydrogen-bond acceptors (Lipinski definition) is 3. The summed E-state index contributed by atoms with van der Waals surface area (Å²) >= 11 is 0. The monoisotopic (exact) mass is 261 g/mol. The number of aliphatic hydroxyl groups is 1. The number of nitrogens with zero attached hydrogens (tertiary/aromatic N) is 1. The summed E-state index contributed by atoms with van der Waals surface area (Å²) < 4.78 is 76.2. The van der Waals surface area contributed by atoms with Crippen LogP contribution in [0.5, 0.6) is 5.88 Å². The van der Waals surface area contributed by atoms with Crippen molar-refractivity contribution in [2.45, 2.75) is 19.4 Å². The normalized spacial score (nSPS) is 12.0. The number of ether oxygens (including phenoxy) is 1. The molecule has 0 aliphatic rings. The van der Waals surface area contributed by atoms with Crippen molar-refractivity contribution in [1.82, 2.24) is 4.98 Å². The molecule has 1 rings (SSSR count). The van der Waals surface area contributed by atoms with Crippen molar-refractivity contribution in [2.75, 3.05) is 0 Å². The molecule has 0 amide bonds. The van der Waals surface area contributed by atoms with Gasteiger partial charge in [0.2, 0.25) is 0 Å². The second-order valence-electron chi connectivity index (χ2n) is 2.83. The molecule has 1 heterocycles. The topological polar surface area (TPSA) is 42.4 Å². The molecule has 0 aromatic carbocycles. The molecule has 0 bridgehead atoms. The Balaban J connectivity index is 3.23. The molecule has 96 valence electrons. The molecule has 1 aromatic rings. The van der Waals surface area contributed by atoms with Crippen LogP contribution in [-0.4, -0.2) is 16.5 Å². The number of halogens is 6. The van der Waals surface area contributed by atoms with E-state index in [9.17, 15) is 26.3 Å². The molecule has 0 atom stereocenters. The molecule has 1 N–H and O–H groups in total. The summed E-state index contributed by atoms with van der Waals surface area (Å²) in [6.07, 6.45) is -8.47. The molecule has 3 nitrogen and oxygen atoms in total. The number of rotatable bonds is 3. The minimum absolute atomic E-state index is 0.462. The van der Waals surface area contributed by atoms with Gasteiger partial charge in [0.05, 0.1) is 6.61 Å². The van der Waals surface area contributed by atoms with Crippen molar-refractivity contribution in [3.63, 3.8) is 0 Å². The van der Waals surface area contributed by atoms with Crippen LogP contribution in [0.2, 0.25) is 0 Å². The Morgan fingerprint density at radius 1 is 1.35 bits per heavy atom. The number of alkyl halides is 5. The smallest absolute Gasteiger partial charge is 0.392 e. The van der Waals surface area contributed by atoms with Crippen LogP contribution in [0.25, 0.3) is 0 Å². The third-order valence-electron chi connectivity index (χ3n) is 1.63. The molecule has 0 aliphatic carbocycles. The lowest BCUT2D eigenvalue weighted by molar-refractivity contribution is -0.277. The predicted molar refractivity (Wildman–Crippen MR) is 41.8 cm³/mol. The minimum atomic E-state index is -5.26. The number of aromatic nitrogens is 1. The van der Waals surface area contributed by atoms with Gasteiger partial charge in [-0.3, -0.25) is 0 Å². The summed E-state index contributed by atoms with van der Waals surface area (Å²) in [5.74, 6) is -3.27. The highest BCUT2D eigenvalue weighted by atomic mass is 19.4.